The number of aliphatic imine (C=N–C) groups is 1. The van der Waals surface area contributed by atoms with Gasteiger partial charge >= 0.3 is 0 Å². The van der Waals surface area contributed by atoms with Crippen LogP contribution in [0.4, 0.5) is 0 Å². The molecule has 1 saturated heterocycles. The predicted octanol–water partition coefficient (Wildman–Crippen LogP) is 3.49. The molecule has 1 aliphatic heterocycles. The largest absolute Gasteiger partial charge is 0.491 e. The molecular formula is C19H32IN3O2. The van der Waals surface area contributed by atoms with E-state index in [9.17, 15) is 0 Å². The maximum absolute atomic E-state index is 5.93. The summed E-state index contributed by atoms with van der Waals surface area (Å²) < 4.78 is 11.2. The van der Waals surface area contributed by atoms with Crippen molar-refractivity contribution in [1.82, 2.24) is 10.6 Å². The van der Waals surface area contributed by atoms with Crippen LogP contribution in [0.15, 0.2) is 23.2 Å². The highest BCUT2D eigenvalue weighted by Crippen LogP contribution is 2.25. The topological polar surface area (TPSA) is 54.9 Å². The Bertz CT molecular complexity index is 572. The highest BCUT2D eigenvalue weighted by molar-refractivity contribution is 14.0. The number of rotatable bonds is 7. The molecule has 142 valence electrons. The van der Waals surface area contributed by atoms with Crippen molar-refractivity contribution >= 4 is 29.9 Å². The minimum Gasteiger partial charge on any atom is -0.491 e. The molecule has 2 N–H and O–H groups in total. The number of guanidine groups is 1. The molecule has 0 aromatic heterocycles. The third kappa shape index (κ3) is 7.01. The van der Waals surface area contributed by atoms with Crippen LogP contribution in [0.2, 0.25) is 0 Å². The van der Waals surface area contributed by atoms with Crippen LogP contribution in [-0.2, 0) is 11.3 Å². The number of hydrogen-bond donors (Lipinski definition) is 2. The van der Waals surface area contributed by atoms with Gasteiger partial charge in [0.2, 0.25) is 0 Å². The molecule has 1 aromatic rings. The lowest BCUT2D eigenvalue weighted by Crippen LogP contribution is -2.51. The average Bonchev–Trinajstić information content (AvgIpc) is 2.49. The van der Waals surface area contributed by atoms with Crippen molar-refractivity contribution in [3.8, 4) is 5.75 Å². The van der Waals surface area contributed by atoms with Crippen molar-refractivity contribution in [2.75, 3.05) is 26.3 Å². The second-order valence-corrected chi connectivity index (χ2v) is 7.13. The molecule has 0 spiro atoms. The minimum absolute atomic E-state index is 0. The molecule has 1 fully saturated rings. The van der Waals surface area contributed by atoms with Crippen molar-refractivity contribution < 1.29 is 9.47 Å². The highest BCUT2D eigenvalue weighted by Gasteiger charge is 2.33. The molecule has 5 nitrogen and oxygen atoms in total. The number of benzene rings is 1. The van der Waals surface area contributed by atoms with Crippen molar-refractivity contribution in [2.24, 2.45) is 10.4 Å². The van der Waals surface area contributed by atoms with Crippen molar-refractivity contribution in [3.05, 3.63) is 29.3 Å². The zero-order chi connectivity index (χ0) is 17.6. The predicted molar refractivity (Wildman–Crippen MR) is 114 cm³/mol. The monoisotopic (exact) mass is 461 g/mol. The summed E-state index contributed by atoms with van der Waals surface area (Å²) in [5.41, 5.74) is 2.51. The van der Waals surface area contributed by atoms with E-state index in [1.165, 1.54) is 5.56 Å². The zero-order valence-corrected chi connectivity index (χ0v) is 18.3. The molecule has 0 atom stereocenters. The Morgan fingerprint density at radius 1 is 1.32 bits per heavy atom. The Kier molecular flexibility index (Phi) is 8.99. The van der Waals surface area contributed by atoms with Crippen LogP contribution in [0, 0.1) is 12.3 Å². The van der Waals surface area contributed by atoms with Gasteiger partial charge in [0, 0.05) is 24.1 Å². The maximum atomic E-state index is 5.93. The van der Waals surface area contributed by atoms with Gasteiger partial charge in [0.15, 0.2) is 5.96 Å². The third-order valence-electron chi connectivity index (χ3n) is 3.92. The Hall–Kier alpha value is -1.02. The zero-order valence-electron chi connectivity index (χ0n) is 16.0. The molecule has 1 aliphatic rings. The fourth-order valence-corrected chi connectivity index (χ4v) is 2.51. The molecule has 1 aromatic carbocycles. The summed E-state index contributed by atoms with van der Waals surface area (Å²) in [6.45, 7) is 14.4. The number of halogens is 1. The summed E-state index contributed by atoms with van der Waals surface area (Å²) in [6, 6.07) is 6.28. The summed E-state index contributed by atoms with van der Waals surface area (Å²) in [7, 11) is 0. The number of hydrogen-bond acceptors (Lipinski definition) is 3. The summed E-state index contributed by atoms with van der Waals surface area (Å²) in [5, 5.41) is 6.73. The molecule has 1 heterocycles. The van der Waals surface area contributed by atoms with Crippen LogP contribution in [0.3, 0.4) is 0 Å². The van der Waals surface area contributed by atoms with E-state index in [1.807, 2.05) is 13.8 Å². The molecule has 0 amide bonds. The van der Waals surface area contributed by atoms with Crippen LogP contribution < -0.4 is 15.4 Å². The van der Waals surface area contributed by atoms with Crippen molar-refractivity contribution in [1.29, 1.82) is 0 Å². The number of nitrogens with one attached hydrogen (secondary N) is 2. The second-order valence-electron chi connectivity index (χ2n) is 7.13. The average molecular weight is 461 g/mol. The first kappa shape index (κ1) is 22.0. The van der Waals surface area contributed by atoms with Crippen LogP contribution in [0.1, 0.15) is 38.8 Å². The fraction of sp³-hybridized carbons (Fsp3) is 0.632. The summed E-state index contributed by atoms with van der Waals surface area (Å²) in [6.07, 6.45) is 0.152. The van der Waals surface area contributed by atoms with Crippen LogP contribution in [0.25, 0.3) is 0 Å². The first-order chi connectivity index (χ1) is 11.4. The Morgan fingerprint density at radius 3 is 2.60 bits per heavy atom. The van der Waals surface area contributed by atoms with E-state index in [1.54, 1.807) is 0 Å². The number of nitrogens with zero attached hydrogens (tertiary/aromatic N) is 1. The van der Waals surface area contributed by atoms with Gasteiger partial charge in [0.25, 0.3) is 0 Å². The highest BCUT2D eigenvalue weighted by atomic mass is 127. The van der Waals surface area contributed by atoms with Gasteiger partial charge in [-0.2, -0.15) is 0 Å². The van der Waals surface area contributed by atoms with E-state index in [0.717, 1.165) is 43.6 Å². The van der Waals surface area contributed by atoms with Gasteiger partial charge in [-0.05, 0) is 39.3 Å². The van der Waals surface area contributed by atoms with E-state index in [-0.39, 0.29) is 35.5 Å². The van der Waals surface area contributed by atoms with Crippen molar-refractivity contribution in [3.63, 3.8) is 0 Å². The molecule has 0 saturated carbocycles. The quantitative estimate of drug-likeness (QED) is 0.371. The molecule has 2 rings (SSSR count). The smallest absolute Gasteiger partial charge is 0.191 e. The van der Waals surface area contributed by atoms with E-state index < -0.39 is 0 Å². The van der Waals surface area contributed by atoms with Gasteiger partial charge < -0.3 is 20.1 Å². The number of aryl methyl sites for hydroxylation is 1. The molecule has 25 heavy (non-hydrogen) atoms. The molecular weight excluding hydrogens is 429 g/mol. The Labute approximate surface area is 169 Å². The van der Waals surface area contributed by atoms with Crippen LogP contribution in [-0.4, -0.2) is 38.4 Å². The molecule has 0 bridgehead atoms. The molecule has 6 heteroatoms. The Balaban J connectivity index is 0.00000312. The van der Waals surface area contributed by atoms with E-state index in [0.29, 0.717) is 6.54 Å². The Morgan fingerprint density at radius 2 is 2.04 bits per heavy atom. The van der Waals surface area contributed by atoms with Gasteiger partial charge in [0.05, 0.1) is 25.9 Å². The summed E-state index contributed by atoms with van der Waals surface area (Å²) in [5.74, 6) is 1.76. The first-order valence-corrected chi connectivity index (χ1v) is 8.78. The van der Waals surface area contributed by atoms with Gasteiger partial charge in [-0.25, -0.2) is 4.99 Å². The molecule has 0 radical (unpaired) electrons. The fourth-order valence-electron chi connectivity index (χ4n) is 2.51. The second kappa shape index (κ2) is 10.2. The molecule has 0 unspecified atom stereocenters. The van der Waals surface area contributed by atoms with E-state index in [2.05, 4.69) is 49.6 Å². The summed E-state index contributed by atoms with van der Waals surface area (Å²) >= 11 is 0. The SMILES string of the molecule is CCNC(=NCc1ccc(C)cc1OC(C)C)NCC1(C)COC1.I. The van der Waals surface area contributed by atoms with Gasteiger partial charge in [0.1, 0.15) is 5.75 Å². The van der Waals surface area contributed by atoms with E-state index >= 15 is 0 Å². The maximum Gasteiger partial charge on any atom is 0.191 e. The van der Waals surface area contributed by atoms with Crippen molar-refractivity contribution in [2.45, 2.75) is 47.3 Å². The standard InChI is InChI=1S/C19H31N3O2.HI/c1-6-20-18(22-11-19(5)12-23-13-19)21-10-16-8-7-15(4)9-17(16)24-14(2)3;/h7-9,14H,6,10-13H2,1-5H3,(H2,20,21,22);1H. The minimum atomic E-state index is 0. The lowest BCUT2D eigenvalue weighted by atomic mass is 9.89. The normalized spacial score (nSPS) is 16.0. The van der Waals surface area contributed by atoms with Gasteiger partial charge in [-0.3, -0.25) is 0 Å². The lowest BCUT2D eigenvalue weighted by Gasteiger charge is -2.38. The lowest BCUT2D eigenvalue weighted by molar-refractivity contribution is -0.0971. The third-order valence-corrected chi connectivity index (χ3v) is 3.92. The van der Waals surface area contributed by atoms with Crippen LogP contribution in [0.5, 0.6) is 5.75 Å². The van der Waals surface area contributed by atoms with Crippen LogP contribution >= 0.6 is 24.0 Å². The van der Waals surface area contributed by atoms with E-state index in [4.69, 9.17) is 14.5 Å². The number of ether oxygens (including phenoxy) is 2. The molecule has 0 aliphatic carbocycles. The van der Waals surface area contributed by atoms with Gasteiger partial charge in [-0.1, -0.05) is 19.1 Å². The summed E-state index contributed by atoms with van der Waals surface area (Å²) in [4.78, 5) is 4.72. The van der Waals surface area contributed by atoms with Gasteiger partial charge in [-0.15, -0.1) is 24.0 Å². The first-order valence-electron chi connectivity index (χ1n) is 8.78.